The van der Waals surface area contributed by atoms with Crippen molar-refractivity contribution in [3.05, 3.63) is 112 Å². The van der Waals surface area contributed by atoms with Crippen molar-refractivity contribution in [2.24, 2.45) is 0 Å². The maximum absolute atomic E-state index is 11.6. The largest absolute Gasteiger partial charge is 0.478 e. The zero-order valence-electron chi connectivity index (χ0n) is 23.7. The number of rotatable bonds is 7. The molecule has 1 atom stereocenters. The van der Waals surface area contributed by atoms with E-state index in [-0.39, 0.29) is 11.6 Å². The van der Waals surface area contributed by atoms with Gasteiger partial charge >= 0.3 is 5.97 Å². The van der Waals surface area contributed by atoms with E-state index in [1.807, 2.05) is 31.8 Å². The summed E-state index contributed by atoms with van der Waals surface area (Å²) in [7, 11) is 5.56. The standard InChI is InChI=1S/C26H28NO3P.C7H11N/c1-5-9-19-14-24(18(6-2)15-31)30-25-21(12-16(3)13-22(19)25)17(4)27-23-11-8-7-10-20(23)26(28)29;1-7-4-3-5-8(2)6-7/h6-15,17,27,31H,5H2,1-4H3,(H,28,29);3-4,6H,5H2,1-2H3/b18-6+,19-9-;. The number of nitrogens with zero attached hydrogens (tertiary/aromatic N) is 1. The van der Waals surface area contributed by atoms with E-state index in [1.165, 1.54) is 5.57 Å². The highest BCUT2D eigenvalue weighted by atomic mass is 31.0. The lowest BCUT2D eigenvalue weighted by molar-refractivity contribution is 0.0698. The molecule has 0 saturated heterocycles. The molecule has 0 bridgehead atoms. The fraction of sp³-hybridized carbons (Fsp3) is 0.273. The topological polar surface area (TPSA) is 61.8 Å². The number of carboxylic acid groups (broad SMARTS) is 1. The van der Waals surface area contributed by atoms with Crippen molar-refractivity contribution < 1.29 is 14.6 Å². The zero-order valence-corrected chi connectivity index (χ0v) is 24.7. The van der Waals surface area contributed by atoms with Crippen molar-refractivity contribution in [1.82, 2.24) is 4.90 Å². The maximum Gasteiger partial charge on any atom is 0.337 e. The quantitative estimate of drug-likeness (QED) is 0.345. The molecule has 2 N–H and O–H groups in total. The smallest absolute Gasteiger partial charge is 0.337 e. The number of allylic oxidation sites excluding steroid dienone is 7. The maximum atomic E-state index is 11.6. The molecular weight excluding hydrogens is 503 g/mol. The second-order valence-electron chi connectivity index (χ2n) is 9.73. The highest BCUT2D eigenvalue weighted by molar-refractivity contribution is 7.19. The van der Waals surface area contributed by atoms with Crippen LogP contribution in [0.15, 0.2) is 89.9 Å². The zero-order chi connectivity index (χ0) is 28.5. The van der Waals surface area contributed by atoms with Gasteiger partial charge in [0.2, 0.25) is 0 Å². The Kier molecular flexibility index (Phi) is 10.5. The van der Waals surface area contributed by atoms with Crippen LogP contribution in [0.4, 0.5) is 5.69 Å². The molecule has 0 spiro atoms. The minimum atomic E-state index is -0.957. The summed E-state index contributed by atoms with van der Waals surface area (Å²) < 4.78 is 6.41. The number of likely N-dealkylation sites (N-methyl/N-ethyl adjacent to an activating group) is 1. The summed E-state index contributed by atoms with van der Waals surface area (Å²) in [5.41, 5.74) is 7.37. The molecule has 2 aromatic rings. The van der Waals surface area contributed by atoms with Crippen LogP contribution in [0.2, 0.25) is 0 Å². The Labute approximate surface area is 235 Å². The summed E-state index contributed by atoms with van der Waals surface area (Å²) in [4.78, 5) is 13.8. The minimum Gasteiger partial charge on any atom is -0.478 e. The number of ether oxygens (including phenoxy) is 1. The van der Waals surface area contributed by atoms with Gasteiger partial charge in [0.1, 0.15) is 11.5 Å². The Morgan fingerprint density at radius 3 is 2.59 bits per heavy atom. The highest BCUT2D eigenvalue weighted by Crippen LogP contribution is 2.42. The number of benzene rings is 2. The molecule has 0 saturated carbocycles. The number of para-hydroxylation sites is 1. The lowest BCUT2D eigenvalue weighted by Gasteiger charge is -2.27. The van der Waals surface area contributed by atoms with Crippen LogP contribution in [-0.4, -0.2) is 35.4 Å². The molecule has 5 nitrogen and oxygen atoms in total. The molecule has 2 aliphatic heterocycles. The van der Waals surface area contributed by atoms with Crippen LogP contribution in [0.1, 0.15) is 67.2 Å². The van der Waals surface area contributed by atoms with Gasteiger partial charge < -0.3 is 20.1 Å². The van der Waals surface area contributed by atoms with Crippen molar-refractivity contribution in [3.8, 4) is 5.75 Å². The summed E-state index contributed by atoms with van der Waals surface area (Å²) >= 11 is 0. The molecule has 4 rings (SSSR count). The van der Waals surface area contributed by atoms with E-state index in [4.69, 9.17) is 4.74 Å². The van der Waals surface area contributed by atoms with E-state index in [2.05, 4.69) is 89.5 Å². The van der Waals surface area contributed by atoms with Gasteiger partial charge in [-0.1, -0.05) is 49.4 Å². The average Bonchev–Trinajstić information content (AvgIpc) is 2.90. The Bertz CT molecular complexity index is 1380. The number of aryl methyl sites for hydroxylation is 1. The van der Waals surface area contributed by atoms with E-state index in [9.17, 15) is 9.90 Å². The molecule has 2 heterocycles. The van der Waals surface area contributed by atoms with Crippen molar-refractivity contribution in [1.29, 1.82) is 0 Å². The average molecular weight is 543 g/mol. The Balaban J connectivity index is 0.000000449. The van der Waals surface area contributed by atoms with Gasteiger partial charge in [0.25, 0.3) is 0 Å². The van der Waals surface area contributed by atoms with Crippen molar-refractivity contribution >= 4 is 31.9 Å². The summed E-state index contributed by atoms with van der Waals surface area (Å²) in [6.45, 7) is 11.3. The predicted octanol–water partition coefficient (Wildman–Crippen LogP) is 8.22. The van der Waals surface area contributed by atoms with Gasteiger partial charge in [0, 0.05) is 42.2 Å². The van der Waals surface area contributed by atoms with Crippen LogP contribution in [-0.2, 0) is 0 Å². The third kappa shape index (κ3) is 7.61. The summed E-state index contributed by atoms with van der Waals surface area (Å²) in [6.07, 6.45) is 13.6. The number of nitrogens with one attached hydrogen (secondary N) is 1. The second kappa shape index (κ2) is 13.8. The Hall–Kier alpha value is -3.82. The molecule has 6 heteroatoms. The van der Waals surface area contributed by atoms with Crippen molar-refractivity contribution in [3.63, 3.8) is 0 Å². The van der Waals surface area contributed by atoms with E-state index in [0.29, 0.717) is 5.69 Å². The Morgan fingerprint density at radius 2 is 2.00 bits per heavy atom. The second-order valence-corrected chi connectivity index (χ2v) is 10.0. The number of hydrogen-bond donors (Lipinski definition) is 2. The van der Waals surface area contributed by atoms with Gasteiger partial charge in [-0.25, -0.2) is 4.79 Å². The summed E-state index contributed by atoms with van der Waals surface area (Å²) in [5, 5.41) is 12.9. The van der Waals surface area contributed by atoms with Gasteiger partial charge in [-0.2, -0.15) is 0 Å². The first-order valence-corrected chi connectivity index (χ1v) is 13.8. The van der Waals surface area contributed by atoms with Gasteiger partial charge in [0.05, 0.1) is 11.6 Å². The van der Waals surface area contributed by atoms with Crippen LogP contribution in [0, 0.1) is 6.92 Å². The molecule has 0 amide bonds. The van der Waals surface area contributed by atoms with Crippen molar-refractivity contribution in [2.75, 3.05) is 18.9 Å². The molecule has 2 aromatic carbocycles. The molecule has 0 radical (unpaired) electrons. The van der Waals surface area contributed by atoms with E-state index in [0.717, 1.165) is 52.3 Å². The first-order chi connectivity index (χ1) is 18.7. The monoisotopic (exact) mass is 542 g/mol. The third-order valence-electron chi connectivity index (χ3n) is 6.44. The van der Waals surface area contributed by atoms with Gasteiger partial charge in [-0.05, 0) is 80.9 Å². The number of hydrogen-bond acceptors (Lipinski definition) is 4. The predicted molar refractivity (Wildman–Crippen MR) is 167 cm³/mol. The van der Waals surface area contributed by atoms with Crippen LogP contribution in [0.25, 0.3) is 5.57 Å². The van der Waals surface area contributed by atoms with E-state index >= 15 is 0 Å². The SMILES string of the molecule is C/C=C(\C=P)C1=C/C(=C/CC)c2cc(C)cc(C(C)Nc3ccccc3C(=O)O)c2O1.CC1=CN(C)CC=C1. The third-order valence-corrected chi connectivity index (χ3v) is 6.75. The number of aromatic carboxylic acids is 1. The molecule has 0 fully saturated rings. The van der Waals surface area contributed by atoms with E-state index < -0.39 is 5.97 Å². The van der Waals surface area contributed by atoms with Crippen LogP contribution >= 0.6 is 8.86 Å². The Morgan fingerprint density at radius 1 is 1.26 bits per heavy atom. The van der Waals surface area contributed by atoms with Crippen molar-refractivity contribution in [2.45, 2.75) is 47.1 Å². The molecule has 0 aromatic heterocycles. The summed E-state index contributed by atoms with van der Waals surface area (Å²) in [6, 6.07) is 11.0. The summed E-state index contributed by atoms with van der Waals surface area (Å²) in [5.74, 6) is 2.46. The first-order valence-electron chi connectivity index (χ1n) is 13.2. The molecular formula is C33H39N2O3P. The minimum absolute atomic E-state index is 0.169. The number of carboxylic acids is 1. The van der Waals surface area contributed by atoms with Gasteiger partial charge in [0.15, 0.2) is 0 Å². The highest BCUT2D eigenvalue weighted by Gasteiger charge is 2.25. The molecule has 39 heavy (non-hydrogen) atoms. The number of fused-ring (bicyclic) bond motifs is 1. The normalized spacial score (nSPS) is 16.2. The number of carbonyl (C=O) groups is 1. The first kappa shape index (κ1) is 29.7. The van der Waals surface area contributed by atoms with Crippen LogP contribution in [0.3, 0.4) is 0 Å². The van der Waals surface area contributed by atoms with Gasteiger partial charge in [-0.3, -0.25) is 0 Å². The molecule has 204 valence electrons. The van der Waals surface area contributed by atoms with E-state index in [1.54, 1.807) is 18.2 Å². The lowest BCUT2D eigenvalue weighted by Crippen LogP contribution is -2.15. The van der Waals surface area contributed by atoms with Crippen LogP contribution < -0.4 is 10.1 Å². The van der Waals surface area contributed by atoms with Crippen LogP contribution in [0.5, 0.6) is 5.75 Å². The fourth-order valence-corrected chi connectivity index (χ4v) is 4.90. The molecule has 1 unspecified atom stereocenters. The van der Waals surface area contributed by atoms with Gasteiger partial charge in [-0.15, -0.1) is 8.86 Å². The number of anilines is 1. The molecule has 2 aliphatic rings. The fourth-order valence-electron chi connectivity index (χ4n) is 4.59. The molecule has 0 aliphatic carbocycles. The lowest BCUT2D eigenvalue weighted by atomic mass is 9.92.